The lowest BCUT2D eigenvalue weighted by atomic mass is 9.98. The summed E-state index contributed by atoms with van der Waals surface area (Å²) in [5, 5.41) is 3.40. The SMILES string of the molecule is CC(C)(C)OC(=O)N1CCC[C@H](CNCc2ccc(F)cc2)C1. The van der Waals surface area contributed by atoms with E-state index in [1.54, 1.807) is 17.0 Å². The van der Waals surface area contributed by atoms with E-state index in [-0.39, 0.29) is 11.9 Å². The Balaban J connectivity index is 1.75. The first-order valence-electron chi connectivity index (χ1n) is 8.26. The number of likely N-dealkylation sites (tertiary alicyclic amines) is 1. The Morgan fingerprint density at radius 2 is 2.04 bits per heavy atom. The number of amides is 1. The second-order valence-corrected chi connectivity index (χ2v) is 7.19. The zero-order chi connectivity index (χ0) is 16.9. The molecule has 1 atom stereocenters. The smallest absolute Gasteiger partial charge is 0.410 e. The van der Waals surface area contributed by atoms with Gasteiger partial charge in [-0.1, -0.05) is 12.1 Å². The molecule has 5 heteroatoms. The van der Waals surface area contributed by atoms with Crippen molar-refractivity contribution in [2.24, 2.45) is 5.92 Å². The van der Waals surface area contributed by atoms with Crippen molar-refractivity contribution in [3.05, 3.63) is 35.6 Å². The van der Waals surface area contributed by atoms with Gasteiger partial charge in [-0.2, -0.15) is 0 Å². The Morgan fingerprint density at radius 1 is 1.35 bits per heavy atom. The number of nitrogens with one attached hydrogen (secondary N) is 1. The van der Waals surface area contributed by atoms with Crippen LogP contribution in [0.4, 0.5) is 9.18 Å². The topological polar surface area (TPSA) is 41.6 Å². The number of nitrogens with zero attached hydrogens (tertiary/aromatic N) is 1. The highest BCUT2D eigenvalue weighted by Gasteiger charge is 2.27. The van der Waals surface area contributed by atoms with E-state index in [1.165, 1.54) is 12.1 Å². The van der Waals surface area contributed by atoms with Gasteiger partial charge in [0.05, 0.1) is 0 Å². The van der Waals surface area contributed by atoms with Crippen LogP contribution in [0.2, 0.25) is 0 Å². The van der Waals surface area contributed by atoms with Crippen LogP contribution in [0.5, 0.6) is 0 Å². The van der Waals surface area contributed by atoms with Gasteiger partial charge in [0, 0.05) is 19.6 Å². The molecule has 1 aliphatic heterocycles. The number of piperidine rings is 1. The van der Waals surface area contributed by atoms with Gasteiger partial charge in [0.25, 0.3) is 0 Å². The van der Waals surface area contributed by atoms with Crippen molar-refractivity contribution in [2.75, 3.05) is 19.6 Å². The second kappa shape index (κ2) is 7.77. The molecule has 0 bridgehead atoms. The van der Waals surface area contributed by atoms with Crippen molar-refractivity contribution in [1.29, 1.82) is 0 Å². The third-order valence-corrected chi connectivity index (χ3v) is 3.85. The molecule has 1 aromatic carbocycles. The van der Waals surface area contributed by atoms with Crippen molar-refractivity contribution in [2.45, 2.75) is 45.8 Å². The minimum absolute atomic E-state index is 0.214. The largest absolute Gasteiger partial charge is 0.444 e. The third-order valence-electron chi connectivity index (χ3n) is 3.85. The average Bonchev–Trinajstić information content (AvgIpc) is 2.48. The van der Waals surface area contributed by atoms with Crippen LogP contribution in [0.25, 0.3) is 0 Å². The van der Waals surface area contributed by atoms with Crippen LogP contribution in [0, 0.1) is 11.7 Å². The van der Waals surface area contributed by atoms with E-state index in [2.05, 4.69) is 5.32 Å². The van der Waals surface area contributed by atoms with Crippen molar-refractivity contribution < 1.29 is 13.9 Å². The molecule has 1 amide bonds. The molecule has 1 aliphatic rings. The molecule has 1 saturated heterocycles. The number of carbonyl (C=O) groups excluding carboxylic acids is 1. The highest BCUT2D eigenvalue weighted by Crippen LogP contribution is 2.19. The van der Waals surface area contributed by atoms with E-state index in [0.717, 1.165) is 38.0 Å². The van der Waals surface area contributed by atoms with E-state index in [0.29, 0.717) is 12.5 Å². The van der Waals surface area contributed by atoms with Gasteiger partial charge in [-0.05, 0) is 63.8 Å². The van der Waals surface area contributed by atoms with E-state index >= 15 is 0 Å². The summed E-state index contributed by atoms with van der Waals surface area (Å²) < 4.78 is 18.3. The maximum atomic E-state index is 12.9. The quantitative estimate of drug-likeness (QED) is 0.921. The van der Waals surface area contributed by atoms with Crippen molar-refractivity contribution >= 4 is 6.09 Å². The molecule has 0 spiro atoms. The monoisotopic (exact) mass is 322 g/mol. The molecule has 4 nitrogen and oxygen atoms in total. The third kappa shape index (κ3) is 6.18. The lowest BCUT2D eigenvalue weighted by Gasteiger charge is -2.34. The van der Waals surface area contributed by atoms with Crippen LogP contribution in [-0.2, 0) is 11.3 Å². The molecule has 0 unspecified atom stereocenters. The normalized spacial score (nSPS) is 18.8. The Morgan fingerprint density at radius 3 is 2.70 bits per heavy atom. The summed E-state index contributed by atoms with van der Waals surface area (Å²) in [5.41, 5.74) is 0.608. The van der Waals surface area contributed by atoms with Crippen molar-refractivity contribution in [3.8, 4) is 0 Å². The number of hydrogen-bond donors (Lipinski definition) is 1. The van der Waals surface area contributed by atoms with Crippen molar-refractivity contribution in [3.63, 3.8) is 0 Å². The van der Waals surface area contributed by atoms with Gasteiger partial charge in [0.2, 0.25) is 0 Å². The van der Waals surface area contributed by atoms with Gasteiger partial charge in [-0.15, -0.1) is 0 Å². The first-order chi connectivity index (χ1) is 10.8. The molecular formula is C18H27FN2O2. The fourth-order valence-electron chi connectivity index (χ4n) is 2.75. The molecule has 1 aromatic rings. The molecule has 1 heterocycles. The molecular weight excluding hydrogens is 295 g/mol. The number of halogens is 1. The number of hydrogen-bond acceptors (Lipinski definition) is 3. The molecule has 0 saturated carbocycles. The fraction of sp³-hybridized carbons (Fsp3) is 0.611. The Kier molecular flexibility index (Phi) is 5.99. The van der Waals surface area contributed by atoms with E-state index in [4.69, 9.17) is 4.74 Å². The average molecular weight is 322 g/mol. The summed E-state index contributed by atoms with van der Waals surface area (Å²) in [7, 11) is 0. The predicted molar refractivity (Wildman–Crippen MR) is 88.6 cm³/mol. The van der Waals surface area contributed by atoms with Gasteiger partial charge in [-0.25, -0.2) is 9.18 Å². The molecule has 0 aromatic heterocycles. The van der Waals surface area contributed by atoms with Crippen LogP contribution < -0.4 is 5.32 Å². The molecule has 1 fully saturated rings. The first kappa shape index (κ1) is 17.7. The minimum atomic E-state index is -0.454. The van der Waals surface area contributed by atoms with Gasteiger partial charge in [0.15, 0.2) is 0 Å². The lowest BCUT2D eigenvalue weighted by Crippen LogP contribution is -2.44. The van der Waals surface area contributed by atoms with Gasteiger partial charge in [-0.3, -0.25) is 0 Å². The second-order valence-electron chi connectivity index (χ2n) is 7.19. The number of carbonyl (C=O) groups is 1. The maximum Gasteiger partial charge on any atom is 0.410 e. The molecule has 1 N–H and O–H groups in total. The van der Waals surface area contributed by atoms with Gasteiger partial charge < -0.3 is 15.0 Å². The standard InChI is InChI=1S/C18H27FN2O2/c1-18(2,3)23-17(22)21-10-4-5-15(13-21)12-20-11-14-6-8-16(19)9-7-14/h6-9,15,20H,4-5,10-13H2,1-3H3/t15-/m1/s1. The summed E-state index contributed by atoms with van der Waals surface area (Å²) in [4.78, 5) is 13.9. The Hall–Kier alpha value is -1.62. The predicted octanol–water partition coefficient (Wildman–Crippen LogP) is 3.56. The highest BCUT2D eigenvalue weighted by atomic mass is 19.1. The minimum Gasteiger partial charge on any atom is -0.444 e. The zero-order valence-electron chi connectivity index (χ0n) is 14.3. The molecule has 0 aliphatic carbocycles. The summed E-state index contributed by atoms with van der Waals surface area (Å²) in [6.45, 7) is 8.71. The van der Waals surface area contributed by atoms with Gasteiger partial charge >= 0.3 is 6.09 Å². The highest BCUT2D eigenvalue weighted by molar-refractivity contribution is 5.68. The van der Waals surface area contributed by atoms with Crippen LogP contribution in [0.15, 0.2) is 24.3 Å². The van der Waals surface area contributed by atoms with Crippen LogP contribution in [0.3, 0.4) is 0 Å². The van der Waals surface area contributed by atoms with Crippen LogP contribution in [0.1, 0.15) is 39.2 Å². The zero-order valence-corrected chi connectivity index (χ0v) is 14.3. The van der Waals surface area contributed by atoms with E-state index in [9.17, 15) is 9.18 Å². The molecule has 2 rings (SSSR count). The summed E-state index contributed by atoms with van der Waals surface area (Å²) in [5.74, 6) is 0.214. The van der Waals surface area contributed by atoms with Gasteiger partial charge in [0.1, 0.15) is 11.4 Å². The van der Waals surface area contributed by atoms with E-state index < -0.39 is 5.60 Å². The first-order valence-corrected chi connectivity index (χ1v) is 8.26. The fourth-order valence-corrected chi connectivity index (χ4v) is 2.75. The lowest BCUT2D eigenvalue weighted by molar-refractivity contribution is 0.0166. The summed E-state index contributed by atoms with van der Waals surface area (Å²) >= 11 is 0. The Bertz CT molecular complexity index is 511. The molecule has 0 radical (unpaired) electrons. The number of benzene rings is 1. The van der Waals surface area contributed by atoms with E-state index in [1.807, 2.05) is 20.8 Å². The summed E-state index contributed by atoms with van der Waals surface area (Å²) in [6, 6.07) is 6.52. The number of ether oxygens (including phenoxy) is 1. The molecule has 128 valence electrons. The van der Waals surface area contributed by atoms with Crippen molar-refractivity contribution in [1.82, 2.24) is 10.2 Å². The Labute approximate surface area is 138 Å². The maximum absolute atomic E-state index is 12.9. The number of rotatable bonds is 4. The molecule has 23 heavy (non-hydrogen) atoms. The van der Waals surface area contributed by atoms with Crippen LogP contribution >= 0.6 is 0 Å². The summed E-state index contributed by atoms with van der Waals surface area (Å²) in [6.07, 6.45) is 1.89. The van der Waals surface area contributed by atoms with Crippen LogP contribution in [-0.4, -0.2) is 36.2 Å².